The first-order chi connectivity index (χ1) is 38.5. The van der Waals surface area contributed by atoms with E-state index in [1.54, 1.807) is 22.3 Å². The van der Waals surface area contributed by atoms with Crippen molar-refractivity contribution in [3.63, 3.8) is 0 Å². The third-order valence-electron chi connectivity index (χ3n) is 18.8. The van der Waals surface area contributed by atoms with E-state index in [0.717, 1.165) is 0 Å². The zero-order chi connectivity index (χ0) is 56.4. The minimum atomic E-state index is -0.590. The van der Waals surface area contributed by atoms with Crippen LogP contribution in [0.3, 0.4) is 0 Å². The molecule has 454 valence electrons. The molecule has 0 aromatic heterocycles. The molecule has 0 amide bonds. The molecule has 1 nitrogen and oxygen atoms in total. The lowest BCUT2D eigenvalue weighted by Gasteiger charge is -2.33. The van der Waals surface area contributed by atoms with Gasteiger partial charge in [-0.2, -0.15) is 0 Å². The Labute approximate surface area is 491 Å². The summed E-state index contributed by atoms with van der Waals surface area (Å²) in [7, 11) is 0. The minimum Gasteiger partial charge on any atom is -0.384 e. The van der Waals surface area contributed by atoms with Crippen molar-refractivity contribution in [2.24, 2.45) is 0 Å². The molecule has 4 unspecified atom stereocenters. The summed E-state index contributed by atoms with van der Waals surface area (Å²) in [6.07, 6.45) is 70.1. The first-order valence-corrected chi connectivity index (χ1v) is 36.4. The van der Waals surface area contributed by atoms with Crippen LogP contribution in [0.25, 0.3) is 0 Å². The number of aliphatic hydroxyl groups excluding tert-OH is 1. The summed E-state index contributed by atoms with van der Waals surface area (Å²) in [5, 5.41) is 13.7. The molecule has 0 bridgehead atoms. The van der Waals surface area contributed by atoms with Crippen LogP contribution in [0, 0.1) is 0 Å². The molecule has 0 aliphatic heterocycles. The Morgan fingerprint density at radius 2 is 0.410 bits per heavy atom. The lowest BCUT2D eigenvalue weighted by atomic mass is 9.73. The largest absolute Gasteiger partial charge is 0.384 e. The lowest BCUT2D eigenvalue weighted by molar-refractivity contribution is 0.215. The lowest BCUT2D eigenvalue weighted by Crippen LogP contribution is -2.17. The molecule has 0 saturated heterocycles. The predicted octanol–water partition coefficient (Wildman–Crippen LogP) is 27.5. The van der Waals surface area contributed by atoms with E-state index in [-0.39, 0.29) is 0 Å². The summed E-state index contributed by atoms with van der Waals surface area (Å²) in [6.45, 7) is 19.1. The van der Waals surface area contributed by atoms with Crippen LogP contribution in [0.15, 0.2) is 36.4 Å². The SMILES string of the molecule is CCCCCCCCCCCCC(CCC)c1cccc(C(O)c2cccc(C(CCC)CCCCCCCCCCCC)c2C(CCC)CCCCCCCCCCCC)c1C(CCC)CCCCCCCCCCCC. The molecule has 0 saturated carbocycles. The molecule has 0 aliphatic rings. The molecule has 2 rings (SSSR count). The normalized spacial score (nSPS) is 13.8. The van der Waals surface area contributed by atoms with Crippen LogP contribution >= 0.6 is 0 Å². The van der Waals surface area contributed by atoms with E-state index in [0.29, 0.717) is 23.7 Å². The summed E-state index contributed by atoms with van der Waals surface area (Å²) < 4.78 is 0. The Balaban J connectivity index is 2.64. The minimum absolute atomic E-state index is 0.505. The zero-order valence-electron chi connectivity index (χ0n) is 54.6. The third kappa shape index (κ3) is 32.9. The molecule has 2 aromatic carbocycles. The van der Waals surface area contributed by atoms with Crippen molar-refractivity contribution in [3.8, 4) is 0 Å². The van der Waals surface area contributed by atoms with E-state index < -0.39 is 6.10 Å². The Kier molecular flexibility index (Phi) is 48.5. The van der Waals surface area contributed by atoms with Gasteiger partial charge in [0.25, 0.3) is 0 Å². The maximum atomic E-state index is 13.7. The van der Waals surface area contributed by atoms with Gasteiger partial charge in [-0.05, 0) is 108 Å². The van der Waals surface area contributed by atoms with E-state index in [2.05, 4.69) is 91.8 Å². The van der Waals surface area contributed by atoms with Crippen LogP contribution in [0.5, 0.6) is 0 Å². The van der Waals surface area contributed by atoms with E-state index in [1.165, 1.54) is 345 Å². The maximum Gasteiger partial charge on any atom is 0.105 e. The number of unbranched alkanes of at least 4 members (excludes halogenated alkanes) is 36. The molecule has 0 spiro atoms. The van der Waals surface area contributed by atoms with Gasteiger partial charge in [0.15, 0.2) is 0 Å². The summed E-state index contributed by atoms with van der Waals surface area (Å²) in [6, 6.07) is 14.8. The second-order valence-corrected chi connectivity index (χ2v) is 25.9. The number of aliphatic hydroxyl groups is 1. The average Bonchev–Trinajstić information content (AvgIpc) is 3.50. The molecular formula is C77H140O. The molecule has 2 aromatic rings. The van der Waals surface area contributed by atoms with Gasteiger partial charge in [-0.3, -0.25) is 0 Å². The number of hydrogen-bond donors (Lipinski definition) is 1. The van der Waals surface area contributed by atoms with Crippen molar-refractivity contribution < 1.29 is 5.11 Å². The Hall–Kier alpha value is -1.60. The van der Waals surface area contributed by atoms with Gasteiger partial charge in [0, 0.05) is 0 Å². The molecule has 0 radical (unpaired) electrons. The monoisotopic (exact) mass is 1080 g/mol. The molecule has 0 aliphatic carbocycles. The Morgan fingerprint density at radius 3 is 0.641 bits per heavy atom. The van der Waals surface area contributed by atoms with Crippen LogP contribution in [0.1, 0.15) is 452 Å². The highest BCUT2D eigenvalue weighted by Gasteiger charge is 2.31. The summed E-state index contributed by atoms with van der Waals surface area (Å²) in [4.78, 5) is 0. The molecule has 4 atom stereocenters. The topological polar surface area (TPSA) is 20.2 Å². The van der Waals surface area contributed by atoms with Crippen molar-refractivity contribution in [1.29, 1.82) is 0 Å². The van der Waals surface area contributed by atoms with Gasteiger partial charge in [0.2, 0.25) is 0 Å². The Bertz CT molecular complexity index is 1460. The van der Waals surface area contributed by atoms with Gasteiger partial charge in [-0.1, -0.05) is 374 Å². The zero-order valence-corrected chi connectivity index (χ0v) is 54.6. The van der Waals surface area contributed by atoms with Crippen molar-refractivity contribution in [3.05, 3.63) is 69.8 Å². The standard InChI is InChI=1S/C77H140O/c1-9-17-21-25-29-33-37-41-45-49-59-67(55-13-5)71-63-53-65-73(75(71)69(57-15-7)61-51-47-43-39-35-31-27-23-19-11-3)77(78)74-66-54-64-72(68(56-14-6)60-50-46-42-38-34-30-26-22-18-10-2)76(74)70(58-16-8)62-52-48-44-40-36-32-28-24-20-12-4/h53-54,63-70,77-78H,9-52,55-62H2,1-8H3. The van der Waals surface area contributed by atoms with E-state index >= 15 is 0 Å². The number of hydrogen-bond acceptors (Lipinski definition) is 1. The Morgan fingerprint density at radius 1 is 0.218 bits per heavy atom. The van der Waals surface area contributed by atoms with E-state index in [4.69, 9.17) is 0 Å². The van der Waals surface area contributed by atoms with Crippen molar-refractivity contribution in [2.75, 3.05) is 0 Å². The highest BCUT2D eigenvalue weighted by atomic mass is 16.3. The van der Waals surface area contributed by atoms with Gasteiger partial charge < -0.3 is 5.11 Å². The smallest absolute Gasteiger partial charge is 0.105 e. The molecule has 0 fully saturated rings. The highest BCUT2D eigenvalue weighted by Crippen LogP contribution is 2.46. The van der Waals surface area contributed by atoms with Crippen LogP contribution in [0.4, 0.5) is 0 Å². The van der Waals surface area contributed by atoms with Crippen LogP contribution in [-0.4, -0.2) is 5.11 Å². The fourth-order valence-corrected chi connectivity index (χ4v) is 14.2. The quantitative estimate of drug-likeness (QED) is 0.0655. The van der Waals surface area contributed by atoms with Crippen molar-refractivity contribution in [2.45, 2.75) is 419 Å². The number of benzene rings is 2. The predicted molar refractivity (Wildman–Crippen MR) is 353 cm³/mol. The van der Waals surface area contributed by atoms with Crippen molar-refractivity contribution >= 4 is 0 Å². The van der Waals surface area contributed by atoms with Crippen LogP contribution in [0.2, 0.25) is 0 Å². The first-order valence-electron chi connectivity index (χ1n) is 36.4. The molecule has 1 heteroatoms. The second-order valence-electron chi connectivity index (χ2n) is 25.9. The first kappa shape index (κ1) is 72.5. The van der Waals surface area contributed by atoms with Gasteiger partial charge in [0.1, 0.15) is 6.10 Å². The van der Waals surface area contributed by atoms with Crippen LogP contribution < -0.4 is 0 Å². The van der Waals surface area contributed by atoms with Crippen LogP contribution in [-0.2, 0) is 0 Å². The summed E-state index contributed by atoms with van der Waals surface area (Å²) >= 11 is 0. The summed E-state index contributed by atoms with van der Waals surface area (Å²) in [5.74, 6) is 2.16. The molecular weight excluding hydrogens is 941 g/mol. The fraction of sp³-hybridized carbons (Fsp3) is 0.844. The molecule has 0 heterocycles. The molecule has 78 heavy (non-hydrogen) atoms. The van der Waals surface area contributed by atoms with Gasteiger partial charge >= 0.3 is 0 Å². The molecule has 1 N–H and O–H groups in total. The maximum absolute atomic E-state index is 13.7. The summed E-state index contributed by atoms with van der Waals surface area (Å²) in [5.41, 5.74) is 8.96. The second kappa shape index (κ2) is 52.2. The number of rotatable bonds is 58. The fourth-order valence-electron chi connectivity index (χ4n) is 14.2. The van der Waals surface area contributed by atoms with Gasteiger partial charge in [-0.15, -0.1) is 0 Å². The highest BCUT2D eigenvalue weighted by molar-refractivity contribution is 5.49. The van der Waals surface area contributed by atoms with Gasteiger partial charge in [0.05, 0.1) is 0 Å². The van der Waals surface area contributed by atoms with Crippen molar-refractivity contribution in [1.82, 2.24) is 0 Å². The van der Waals surface area contributed by atoms with Gasteiger partial charge in [-0.25, -0.2) is 0 Å². The average molecular weight is 1080 g/mol. The third-order valence-corrected chi connectivity index (χ3v) is 18.8. The van der Waals surface area contributed by atoms with E-state index in [1.807, 2.05) is 0 Å². The van der Waals surface area contributed by atoms with E-state index in [9.17, 15) is 5.11 Å².